The summed E-state index contributed by atoms with van der Waals surface area (Å²) < 4.78 is 7.71. The Labute approximate surface area is 203 Å². The predicted octanol–water partition coefficient (Wildman–Crippen LogP) is 4.70. The molecule has 0 bridgehead atoms. The van der Waals surface area contributed by atoms with Gasteiger partial charge in [-0.15, -0.1) is 0 Å². The molecule has 0 saturated carbocycles. The Bertz CT molecular complexity index is 1380. The molecule has 0 saturated heterocycles. The van der Waals surface area contributed by atoms with E-state index in [0.29, 0.717) is 32.9 Å². The van der Waals surface area contributed by atoms with Crippen LogP contribution in [-0.2, 0) is 9.53 Å². The summed E-state index contributed by atoms with van der Waals surface area (Å²) in [6.45, 7) is 8.40. The molecule has 0 fully saturated rings. The van der Waals surface area contributed by atoms with Gasteiger partial charge in [0.05, 0.1) is 28.5 Å². The Balaban J connectivity index is 1.98. The van der Waals surface area contributed by atoms with E-state index in [1.54, 1.807) is 11.5 Å². The maximum atomic E-state index is 13.7. The highest BCUT2D eigenvalue weighted by Gasteiger charge is 2.34. The molecule has 1 aliphatic rings. The Morgan fingerprint density at radius 1 is 1.12 bits per heavy atom. The maximum absolute atomic E-state index is 13.7. The number of fused-ring (bicyclic) bond motifs is 1. The lowest BCUT2D eigenvalue weighted by Crippen LogP contribution is -2.40. The van der Waals surface area contributed by atoms with E-state index in [2.05, 4.69) is 32.9 Å². The van der Waals surface area contributed by atoms with E-state index >= 15 is 0 Å². The van der Waals surface area contributed by atoms with Crippen molar-refractivity contribution in [3.8, 4) is 0 Å². The van der Waals surface area contributed by atoms with Crippen LogP contribution in [0.3, 0.4) is 0 Å². The van der Waals surface area contributed by atoms with E-state index in [9.17, 15) is 9.59 Å². The maximum Gasteiger partial charge on any atom is 0.338 e. The molecular formula is C28H30N2O3S. The monoisotopic (exact) mass is 474 g/mol. The molecule has 3 aromatic rings. The number of ether oxygens (including phenoxy) is 1. The number of esters is 1. The van der Waals surface area contributed by atoms with Crippen molar-refractivity contribution in [2.45, 2.75) is 52.5 Å². The molecule has 6 heteroatoms. The first-order valence-electron chi connectivity index (χ1n) is 11.8. The molecule has 2 aromatic carbocycles. The molecule has 1 atom stereocenters. The third-order valence-corrected chi connectivity index (χ3v) is 6.89. The first kappa shape index (κ1) is 23.9. The van der Waals surface area contributed by atoms with Gasteiger partial charge in [-0.3, -0.25) is 9.36 Å². The lowest BCUT2D eigenvalue weighted by molar-refractivity contribution is -0.139. The number of rotatable bonds is 7. The van der Waals surface area contributed by atoms with Crippen LogP contribution in [0.5, 0.6) is 0 Å². The lowest BCUT2D eigenvalue weighted by atomic mass is 9.92. The van der Waals surface area contributed by atoms with Crippen molar-refractivity contribution in [2.24, 2.45) is 4.99 Å². The van der Waals surface area contributed by atoms with Crippen molar-refractivity contribution < 1.29 is 9.53 Å². The van der Waals surface area contributed by atoms with Crippen molar-refractivity contribution in [2.75, 3.05) is 6.61 Å². The lowest BCUT2D eigenvalue weighted by Gasteiger charge is -2.26. The smallest absolute Gasteiger partial charge is 0.338 e. The third-order valence-electron chi connectivity index (χ3n) is 5.91. The number of hydrogen-bond donors (Lipinski definition) is 0. The van der Waals surface area contributed by atoms with Gasteiger partial charge in [0.25, 0.3) is 5.56 Å². The van der Waals surface area contributed by atoms with Crippen molar-refractivity contribution >= 4 is 23.4 Å². The molecule has 1 aliphatic heterocycles. The van der Waals surface area contributed by atoms with Crippen LogP contribution in [0, 0.1) is 0 Å². The fraction of sp³-hybridized carbons (Fsp3) is 0.321. The van der Waals surface area contributed by atoms with Crippen LogP contribution >= 0.6 is 11.3 Å². The van der Waals surface area contributed by atoms with E-state index in [1.807, 2.05) is 48.5 Å². The summed E-state index contributed by atoms with van der Waals surface area (Å²) in [4.78, 5) is 32.3. The van der Waals surface area contributed by atoms with Gasteiger partial charge in [0.1, 0.15) is 0 Å². The molecule has 0 spiro atoms. The van der Waals surface area contributed by atoms with Crippen LogP contribution in [0.2, 0.25) is 0 Å². The van der Waals surface area contributed by atoms with Crippen LogP contribution in [0.15, 0.2) is 75.7 Å². The van der Waals surface area contributed by atoms with Gasteiger partial charge in [-0.1, -0.05) is 93.1 Å². The number of hydrogen-bond acceptors (Lipinski definition) is 5. The predicted molar refractivity (Wildman–Crippen MR) is 137 cm³/mol. The Morgan fingerprint density at radius 2 is 1.82 bits per heavy atom. The first-order valence-corrected chi connectivity index (χ1v) is 12.6. The van der Waals surface area contributed by atoms with Gasteiger partial charge in [0, 0.05) is 0 Å². The molecule has 34 heavy (non-hydrogen) atoms. The average Bonchev–Trinajstić information content (AvgIpc) is 3.14. The summed E-state index contributed by atoms with van der Waals surface area (Å²) in [5.74, 6) is -0.0254. The van der Waals surface area contributed by atoms with Crippen molar-refractivity contribution in [3.05, 3.63) is 102 Å². The Hall–Kier alpha value is -3.25. The van der Waals surface area contributed by atoms with Gasteiger partial charge in [-0.05, 0) is 42.0 Å². The molecule has 176 valence electrons. The molecule has 4 rings (SSSR count). The third kappa shape index (κ3) is 4.68. The van der Waals surface area contributed by atoms with E-state index in [4.69, 9.17) is 9.73 Å². The molecule has 0 aliphatic carbocycles. The summed E-state index contributed by atoms with van der Waals surface area (Å²) >= 11 is 1.36. The summed E-state index contributed by atoms with van der Waals surface area (Å²) in [7, 11) is 0. The molecular weight excluding hydrogens is 444 g/mol. The molecule has 0 radical (unpaired) electrons. The van der Waals surface area contributed by atoms with Gasteiger partial charge in [-0.2, -0.15) is 0 Å². The SMILES string of the molecule is CCCC1=C(C(=O)OCC)[C@H](c2ccc(C(C)C)cc2)n2c(s/c(=C\c3ccccc3)c2=O)=N1. The second kappa shape index (κ2) is 10.3. The summed E-state index contributed by atoms with van der Waals surface area (Å²) in [5.41, 5.74) is 4.04. The van der Waals surface area contributed by atoms with E-state index < -0.39 is 12.0 Å². The summed E-state index contributed by atoms with van der Waals surface area (Å²) in [6.07, 6.45) is 3.36. The first-order chi connectivity index (χ1) is 16.4. The number of aromatic nitrogens is 1. The average molecular weight is 475 g/mol. The van der Waals surface area contributed by atoms with Crippen molar-refractivity contribution in [1.82, 2.24) is 4.57 Å². The highest BCUT2D eigenvalue weighted by molar-refractivity contribution is 7.07. The number of benzene rings is 2. The van der Waals surface area contributed by atoms with Crippen LogP contribution in [0.25, 0.3) is 6.08 Å². The van der Waals surface area contributed by atoms with Crippen LogP contribution < -0.4 is 14.9 Å². The van der Waals surface area contributed by atoms with Crippen LogP contribution in [0.1, 0.15) is 69.2 Å². The minimum absolute atomic E-state index is 0.150. The Morgan fingerprint density at radius 3 is 2.44 bits per heavy atom. The van der Waals surface area contributed by atoms with Gasteiger partial charge in [0.15, 0.2) is 4.80 Å². The minimum atomic E-state index is -0.573. The van der Waals surface area contributed by atoms with E-state index in [-0.39, 0.29) is 12.2 Å². The highest BCUT2D eigenvalue weighted by Crippen LogP contribution is 2.33. The zero-order valence-corrected chi connectivity index (χ0v) is 20.9. The summed E-state index contributed by atoms with van der Waals surface area (Å²) in [5, 5.41) is 0. The van der Waals surface area contributed by atoms with Gasteiger partial charge in [-0.25, -0.2) is 9.79 Å². The van der Waals surface area contributed by atoms with Gasteiger partial charge < -0.3 is 4.74 Å². The molecule has 1 aromatic heterocycles. The van der Waals surface area contributed by atoms with E-state index in [1.165, 1.54) is 16.9 Å². The zero-order valence-electron chi connectivity index (χ0n) is 20.1. The molecule has 0 N–H and O–H groups in total. The van der Waals surface area contributed by atoms with E-state index in [0.717, 1.165) is 17.5 Å². The largest absolute Gasteiger partial charge is 0.463 e. The van der Waals surface area contributed by atoms with Crippen LogP contribution in [0.4, 0.5) is 0 Å². The van der Waals surface area contributed by atoms with Crippen molar-refractivity contribution in [3.63, 3.8) is 0 Å². The molecule has 5 nitrogen and oxygen atoms in total. The quantitative estimate of drug-likeness (QED) is 0.466. The van der Waals surface area contributed by atoms with Gasteiger partial charge >= 0.3 is 5.97 Å². The summed E-state index contributed by atoms with van der Waals surface area (Å²) in [6, 6.07) is 17.4. The number of thiazole rings is 1. The standard InChI is InChI=1S/C28H30N2O3S/c1-5-10-22-24(27(32)33-6-2)25(21-15-13-20(14-16-21)18(3)4)30-26(31)23(34-28(30)29-22)17-19-11-8-7-9-12-19/h7-9,11-18,25H,5-6,10H2,1-4H3/b23-17-/t25-/m0/s1. The van der Waals surface area contributed by atoms with Crippen molar-refractivity contribution in [1.29, 1.82) is 0 Å². The molecule has 0 amide bonds. The zero-order chi connectivity index (χ0) is 24.2. The minimum Gasteiger partial charge on any atom is -0.463 e. The topological polar surface area (TPSA) is 60.7 Å². The second-order valence-corrected chi connectivity index (χ2v) is 9.65. The fourth-order valence-corrected chi connectivity index (χ4v) is 5.22. The van der Waals surface area contributed by atoms with Gasteiger partial charge in [0.2, 0.25) is 0 Å². The highest BCUT2D eigenvalue weighted by atomic mass is 32.1. The normalized spacial score (nSPS) is 15.9. The number of nitrogens with zero attached hydrogens (tertiary/aromatic N) is 2. The molecule has 0 unspecified atom stereocenters. The van der Waals surface area contributed by atoms with Crippen LogP contribution in [-0.4, -0.2) is 17.1 Å². The molecule has 2 heterocycles. The second-order valence-electron chi connectivity index (χ2n) is 8.65. The fourth-order valence-electron chi connectivity index (χ4n) is 4.20. The Kier molecular flexibility index (Phi) is 7.27. The number of allylic oxidation sites excluding steroid dienone is 1. The number of carbonyl (C=O) groups excluding carboxylic acids is 1. The number of carbonyl (C=O) groups is 1.